The number of para-hydroxylation sites is 1. The second kappa shape index (κ2) is 10.2. The second-order valence-corrected chi connectivity index (χ2v) is 8.38. The number of hydrogen-bond donors (Lipinski definition) is 1. The van der Waals surface area contributed by atoms with Crippen molar-refractivity contribution in [1.82, 2.24) is 4.98 Å². The van der Waals surface area contributed by atoms with Crippen molar-refractivity contribution < 1.29 is 9.53 Å². The van der Waals surface area contributed by atoms with Crippen molar-refractivity contribution in [1.29, 1.82) is 5.26 Å². The first kappa shape index (κ1) is 22.3. The first-order valence-electron chi connectivity index (χ1n) is 10.9. The van der Waals surface area contributed by atoms with E-state index in [9.17, 15) is 10.1 Å². The van der Waals surface area contributed by atoms with Crippen LogP contribution in [0.3, 0.4) is 0 Å². The molecule has 164 valence electrons. The number of carbonyl (C=O) groups is 1. The molecule has 0 amide bonds. The number of aromatic amines is 1. The Morgan fingerprint density at radius 2 is 1.91 bits per heavy atom. The molecule has 0 aliphatic carbocycles. The molecule has 0 fully saturated rings. The van der Waals surface area contributed by atoms with Crippen molar-refractivity contribution in [2.75, 3.05) is 6.61 Å². The highest BCUT2D eigenvalue weighted by molar-refractivity contribution is 7.10. The molecule has 4 nitrogen and oxygen atoms in total. The molecule has 4 aromatic rings. The Kier molecular flexibility index (Phi) is 6.87. The van der Waals surface area contributed by atoms with Crippen molar-refractivity contribution in [3.8, 4) is 6.07 Å². The normalized spacial score (nSPS) is 12.0. The van der Waals surface area contributed by atoms with Crippen molar-refractivity contribution in [3.05, 3.63) is 99.4 Å². The van der Waals surface area contributed by atoms with Crippen LogP contribution in [0.5, 0.6) is 0 Å². The van der Waals surface area contributed by atoms with Gasteiger partial charge in [-0.15, -0.1) is 11.3 Å². The van der Waals surface area contributed by atoms with Gasteiger partial charge in [0, 0.05) is 33.8 Å². The summed E-state index contributed by atoms with van der Waals surface area (Å²) < 4.78 is 4.96. The van der Waals surface area contributed by atoms with Crippen molar-refractivity contribution >= 4 is 45.4 Å². The zero-order valence-corrected chi connectivity index (χ0v) is 19.4. The van der Waals surface area contributed by atoms with Gasteiger partial charge in [-0.2, -0.15) is 5.26 Å². The number of nitrogens with one attached hydrogen (secondary N) is 1. The molecular formula is C28H24N2O2S. The highest BCUT2D eigenvalue weighted by Gasteiger charge is 2.18. The Morgan fingerprint density at radius 1 is 1.12 bits per heavy atom. The fraction of sp³-hybridized carbons (Fsp3) is 0.143. The van der Waals surface area contributed by atoms with E-state index >= 15 is 0 Å². The zero-order valence-electron chi connectivity index (χ0n) is 18.6. The van der Waals surface area contributed by atoms with Crippen LogP contribution < -0.4 is 0 Å². The van der Waals surface area contributed by atoms with Crippen molar-refractivity contribution in [3.63, 3.8) is 0 Å². The van der Waals surface area contributed by atoms with Crippen LogP contribution >= 0.6 is 11.3 Å². The molecule has 0 aliphatic rings. The number of nitriles is 1. The molecule has 2 aromatic carbocycles. The minimum Gasteiger partial charge on any atom is -0.463 e. The fourth-order valence-electron chi connectivity index (χ4n) is 3.95. The number of nitrogens with zero attached hydrogens (tertiary/aromatic N) is 1. The molecule has 0 saturated heterocycles. The van der Waals surface area contributed by atoms with Crippen LogP contribution in [0, 0.1) is 11.3 Å². The summed E-state index contributed by atoms with van der Waals surface area (Å²) in [5.74, 6) is -0.352. The summed E-state index contributed by atoms with van der Waals surface area (Å²) in [7, 11) is 0. The van der Waals surface area contributed by atoms with Gasteiger partial charge in [0.15, 0.2) is 0 Å². The quantitative estimate of drug-likeness (QED) is 0.241. The van der Waals surface area contributed by atoms with Gasteiger partial charge in [0.1, 0.15) is 10.9 Å². The van der Waals surface area contributed by atoms with Crippen LogP contribution in [0.1, 0.15) is 47.5 Å². The van der Waals surface area contributed by atoms with E-state index in [0.29, 0.717) is 6.61 Å². The summed E-state index contributed by atoms with van der Waals surface area (Å²) in [6, 6.07) is 22.8. The van der Waals surface area contributed by atoms with Gasteiger partial charge < -0.3 is 9.72 Å². The number of hydrogen-bond acceptors (Lipinski definition) is 4. The van der Waals surface area contributed by atoms with E-state index in [1.807, 2.05) is 35.7 Å². The minimum atomic E-state index is -0.352. The van der Waals surface area contributed by atoms with Gasteiger partial charge in [0.05, 0.1) is 6.61 Å². The maximum atomic E-state index is 11.6. The van der Waals surface area contributed by atoms with Crippen molar-refractivity contribution in [2.45, 2.75) is 20.3 Å². The molecule has 0 bridgehead atoms. The number of thiophene rings is 1. The summed E-state index contributed by atoms with van der Waals surface area (Å²) in [5.41, 5.74) is 7.21. The second-order valence-electron chi connectivity index (χ2n) is 7.46. The molecule has 2 heterocycles. The number of carbonyl (C=O) groups excluding carboxylic acids is 1. The number of esters is 1. The molecule has 33 heavy (non-hydrogen) atoms. The first-order valence-corrected chi connectivity index (χ1v) is 11.8. The summed E-state index contributed by atoms with van der Waals surface area (Å²) in [4.78, 5) is 15.9. The summed E-state index contributed by atoms with van der Waals surface area (Å²) in [6.45, 7) is 4.26. The van der Waals surface area contributed by atoms with Crippen LogP contribution in [0.4, 0.5) is 0 Å². The maximum Gasteiger partial charge on any atom is 0.330 e. The van der Waals surface area contributed by atoms with Gasteiger partial charge in [-0.3, -0.25) is 0 Å². The number of benzene rings is 2. The highest BCUT2D eigenvalue weighted by Crippen LogP contribution is 2.37. The average Bonchev–Trinajstić information content (AvgIpc) is 3.48. The van der Waals surface area contributed by atoms with E-state index in [4.69, 9.17) is 4.74 Å². The molecular weight excluding hydrogens is 428 g/mol. The Hall–Kier alpha value is -3.88. The number of H-pyrrole nitrogens is 1. The predicted octanol–water partition coefficient (Wildman–Crippen LogP) is 7.05. The molecule has 0 radical (unpaired) electrons. The molecule has 0 spiro atoms. The molecule has 0 unspecified atom stereocenters. The summed E-state index contributed by atoms with van der Waals surface area (Å²) in [5, 5.41) is 12.8. The van der Waals surface area contributed by atoms with Gasteiger partial charge in [0.25, 0.3) is 0 Å². The van der Waals surface area contributed by atoms with Gasteiger partial charge in [0.2, 0.25) is 0 Å². The lowest BCUT2D eigenvalue weighted by Crippen LogP contribution is -1.98. The lowest BCUT2D eigenvalue weighted by Gasteiger charge is -2.14. The van der Waals surface area contributed by atoms with Crippen LogP contribution in [0.15, 0.2) is 72.1 Å². The molecule has 2 aromatic heterocycles. The van der Waals surface area contributed by atoms with Crippen LogP contribution in [-0.4, -0.2) is 17.6 Å². The summed E-state index contributed by atoms with van der Waals surface area (Å²) >= 11 is 1.46. The average molecular weight is 453 g/mol. The molecule has 5 heteroatoms. The van der Waals surface area contributed by atoms with Crippen molar-refractivity contribution in [2.24, 2.45) is 0 Å². The number of aromatic nitrogens is 1. The maximum absolute atomic E-state index is 11.6. The third-order valence-electron chi connectivity index (χ3n) is 5.44. The molecule has 0 saturated carbocycles. The Balaban J connectivity index is 1.84. The number of allylic oxidation sites excluding steroid dienone is 1. The topological polar surface area (TPSA) is 65.9 Å². The number of ether oxygens (including phenoxy) is 1. The van der Waals surface area contributed by atoms with E-state index in [2.05, 4.69) is 48.3 Å². The van der Waals surface area contributed by atoms with Gasteiger partial charge in [-0.05, 0) is 59.7 Å². The smallest absolute Gasteiger partial charge is 0.330 e. The Bertz CT molecular complexity index is 1350. The monoisotopic (exact) mass is 452 g/mol. The largest absolute Gasteiger partial charge is 0.463 e. The Morgan fingerprint density at radius 3 is 2.61 bits per heavy atom. The standard InChI is InChI=1S/C28H24N2O2S/c1-3-22(23-15-16-33-26(23)18-29)28(25-17-21-7-5-6-8-24(21)30-25)20-12-9-19(10-13-20)11-14-27(31)32-4-2/h5-17,30H,3-4H2,1-2H3/b14-11+,28-22+. The number of fused-ring (bicyclic) bond motifs is 1. The van der Waals surface area contributed by atoms with E-state index < -0.39 is 0 Å². The lowest BCUT2D eigenvalue weighted by atomic mass is 9.90. The Labute approximate surface area is 197 Å². The summed E-state index contributed by atoms with van der Waals surface area (Å²) in [6.07, 6.45) is 3.97. The predicted molar refractivity (Wildman–Crippen MR) is 136 cm³/mol. The number of rotatable bonds is 7. The van der Waals surface area contributed by atoms with Gasteiger partial charge in [-0.1, -0.05) is 49.4 Å². The van der Waals surface area contributed by atoms with E-state index in [0.717, 1.165) is 55.7 Å². The highest BCUT2D eigenvalue weighted by atomic mass is 32.1. The lowest BCUT2D eigenvalue weighted by molar-refractivity contribution is -0.137. The van der Waals surface area contributed by atoms with Crippen LogP contribution in [0.25, 0.3) is 28.1 Å². The molecule has 1 N–H and O–H groups in total. The third-order valence-corrected chi connectivity index (χ3v) is 6.26. The van der Waals surface area contributed by atoms with Crippen LogP contribution in [0.2, 0.25) is 0 Å². The van der Waals surface area contributed by atoms with Crippen LogP contribution in [-0.2, 0) is 9.53 Å². The zero-order chi connectivity index (χ0) is 23.2. The third kappa shape index (κ3) is 4.82. The minimum absolute atomic E-state index is 0.352. The first-order chi connectivity index (χ1) is 16.1. The van der Waals surface area contributed by atoms with E-state index in [1.54, 1.807) is 13.0 Å². The fourth-order valence-corrected chi connectivity index (χ4v) is 4.66. The van der Waals surface area contributed by atoms with Gasteiger partial charge >= 0.3 is 5.97 Å². The molecule has 0 aliphatic heterocycles. The molecule has 0 atom stereocenters. The van der Waals surface area contributed by atoms with Gasteiger partial charge in [-0.25, -0.2) is 4.79 Å². The van der Waals surface area contributed by atoms with E-state index in [1.165, 1.54) is 17.4 Å². The molecule has 4 rings (SSSR count). The van der Waals surface area contributed by atoms with E-state index in [-0.39, 0.29) is 5.97 Å². The SMILES string of the molecule is CCOC(=O)/C=C/c1ccc(/C(=C(/CC)c2ccsc2C#N)c2cc3ccccc3[nH]2)cc1.